The lowest BCUT2D eigenvalue weighted by molar-refractivity contribution is -0.143. The van der Waals surface area contributed by atoms with E-state index < -0.39 is 6.04 Å². The SMILES string of the molecule is COC(=O)C1CN(c2nc(-c3ccc4[nH]nc(C)c4c3)cnc2N)CCN1. The number of fused-ring (bicyclic) bond motifs is 1. The van der Waals surface area contributed by atoms with Gasteiger partial charge in [-0.15, -0.1) is 0 Å². The zero-order chi connectivity index (χ0) is 19.0. The normalized spacial score (nSPS) is 17.3. The van der Waals surface area contributed by atoms with E-state index in [0.717, 1.165) is 27.9 Å². The predicted molar refractivity (Wildman–Crippen MR) is 102 cm³/mol. The number of nitrogens with two attached hydrogens (primary N) is 1. The molecule has 27 heavy (non-hydrogen) atoms. The molecule has 4 N–H and O–H groups in total. The van der Waals surface area contributed by atoms with E-state index in [1.165, 1.54) is 7.11 Å². The molecule has 1 saturated heterocycles. The Balaban J connectivity index is 1.68. The smallest absolute Gasteiger partial charge is 0.324 e. The molecule has 0 spiro atoms. The third kappa shape index (κ3) is 3.17. The first kappa shape index (κ1) is 17.2. The largest absolute Gasteiger partial charge is 0.468 e. The minimum atomic E-state index is -0.418. The van der Waals surface area contributed by atoms with Crippen molar-refractivity contribution in [1.29, 1.82) is 0 Å². The molecule has 1 aliphatic heterocycles. The Labute approximate surface area is 155 Å². The molecule has 1 atom stereocenters. The Kier molecular flexibility index (Phi) is 4.36. The van der Waals surface area contributed by atoms with Gasteiger partial charge in [0.05, 0.1) is 30.2 Å². The minimum absolute atomic E-state index is 0.303. The lowest BCUT2D eigenvalue weighted by Gasteiger charge is -2.33. The molecule has 0 amide bonds. The van der Waals surface area contributed by atoms with E-state index in [1.54, 1.807) is 6.20 Å². The lowest BCUT2D eigenvalue weighted by atomic mass is 10.1. The summed E-state index contributed by atoms with van der Waals surface area (Å²) in [6, 6.07) is 5.56. The van der Waals surface area contributed by atoms with Gasteiger partial charge in [0.1, 0.15) is 6.04 Å². The van der Waals surface area contributed by atoms with Gasteiger partial charge in [0.15, 0.2) is 11.6 Å². The molecule has 1 aromatic carbocycles. The highest BCUT2D eigenvalue weighted by Gasteiger charge is 2.28. The molecule has 9 nitrogen and oxygen atoms in total. The van der Waals surface area contributed by atoms with Gasteiger partial charge in [0.25, 0.3) is 0 Å². The van der Waals surface area contributed by atoms with Crippen molar-refractivity contribution < 1.29 is 9.53 Å². The van der Waals surface area contributed by atoms with Crippen LogP contribution in [0.1, 0.15) is 5.69 Å². The van der Waals surface area contributed by atoms with E-state index in [1.807, 2.05) is 30.0 Å². The number of aryl methyl sites for hydroxylation is 1. The summed E-state index contributed by atoms with van der Waals surface area (Å²) in [4.78, 5) is 22.9. The molecule has 140 valence electrons. The number of anilines is 2. The quantitative estimate of drug-likeness (QED) is 0.583. The highest BCUT2D eigenvalue weighted by molar-refractivity contribution is 5.86. The molecule has 9 heteroatoms. The fourth-order valence-corrected chi connectivity index (χ4v) is 3.31. The highest BCUT2D eigenvalue weighted by atomic mass is 16.5. The summed E-state index contributed by atoms with van der Waals surface area (Å²) >= 11 is 0. The van der Waals surface area contributed by atoms with Gasteiger partial charge in [0.2, 0.25) is 0 Å². The number of carbonyl (C=O) groups is 1. The fraction of sp³-hybridized carbons (Fsp3) is 0.333. The number of methoxy groups -OCH3 is 1. The number of H-pyrrole nitrogens is 1. The second-order valence-corrected chi connectivity index (χ2v) is 6.51. The van der Waals surface area contributed by atoms with Crippen molar-refractivity contribution in [2.24, 2.45) is 0 Å². The van der Waals surface area contributed by atoms with E-state index in [9.17, 15) is 4.79 Å². The second kappa shape index (κ2) is 6.84. The number of aromatic amines is 1. The summed E-state index contributed by atoms with van der Waals surface area (Å²) in [5.74, 6) is 0.611. The molecule has 2 aromatic heterocycles. The second-order valence-electron chi connectivity index (χ2n) is 6.51. The number of hydrogen-bond donors (Lipinski definition) is 3. The molecule has 0 bridgehead atoms. The van der Waals surface area contributed by atoms with Crippen LogP contribution in [0.2, 0.25) is 0 Å². The van der Waals surface area contributed by atoms with E-state index in [4.69, 9.17) is 15.5 Å². The monoisotopic (exact) mass is 367 g/mol. The molecule has 3 heterocycles. The first-order valence-corrected chi connectivity index (χ1v) is 8.70. The lowest BCUT2D eigenvalue weighted by Crippen LogP contribution is -2.55. The molecule has 3 aromatic rings. The van der Waals surface area contributed by atoms with Crippen molar-refractivity contribution in [3.05, 3.63) is 30.1 Å². The Morgan fingerprint density at radius 1 is 1.41 bits per heavy atom. The maximum absolute atomic E-state index is 11.9. The summed E-state index contributed by atoms with van der Waals surface area (Å²) in [7, 11) is 1.38. The summed E-state index contributed by atoms with van der Waals surface area (Å²) in [5, 5.41) is 11.4. The first-order chi connectivity index (χ1) is 13.1. The van der Waals surface area contributed by atoms with Gasteiger partial charge in [-0.25, -0.2) is 9.97 Å². The van der Waals surface area contributed by atoms with Crippen LogP contribution in [0.3, 0.4) is 0 Å². The van der Waals surface area contributed by atoms with E-state index in [0.29, 0.717) is 31.3 Å². The number of benzene rings is 1. The average Bonchev–Trinajstić information content (AvgIpc) is 3.08. The molecule has 1 fully saturated rings. The maximum atomic E-state index is 11.9. The summed E-state index contributed by atoms with van der Waals surface area (Å²) in [6.07, 6.45) is 1.66. The van der Waals surface area contributed by atoms with Gasteiger partial charge in [0, 0.05) is 30.6 Å². The van der Waals surface area contributed by atoms with Crippen LogP contribution in [0.5, 0.6) is 0 Å². The Bertz CT molecular complexity index is 1000. The van der Waals surface area contributed by atoms with Crippen molar-refractivity contribution in [2.75, 3.05) is 37.4 Å². The number of nitrogens with zero attached hydrogens (tertiary/aromatic N) is 4. The van der Waals surface area contributed by atoms with Crippen LogP contribution in [0.15, 0.2) is 24.4 Å². The van der Waals surface area contributed by atoms with Crippen LogP contribution < -0.4 is 16.0 Å². The number of ether oxygens (including phenoxy) is 1. The highest BCUT2D eigenvalue weighted by Crippen LogP contribution is 2.27. The number of nitrogens with one attached hydrogen (secondary N) is 2. The topological polar surface area (TPSA) is 122 Å². The zero-order valence-corrected chi connectivity index (χ0v) is 15.2. The van der Waals surface area contributed by atoms with E-state index >= 15 is 0 Å². The zero-order valence-electron chi connectivity index (χ0n) is 15.2. The predicted octanol–water partition coefficient (Wildman–Crippen LogP) is 0.862. The van der Waals surface area contributed by atoms with Gasteiger partial charge in [-0.2, -0.15) is 5.10 Å². The van der Waals surface area contributed by atoms with Gasteiger partial charge in [-0.05, 0) is 19.1 Å². The van der Waals surface area contributed by atoms with Crippen LogP contribution in [-0.4, -0.2) is 58.9 Å². The van der Waals surface area contributed by atoms with E-state index in [2.05, 4.69) is 20.5 Å². The number of aromatic nitrogens is 4. The van der Waals surface area contributed by atoms with Crippen molar-refractivity contribution in [3.8, 4) is 11.3 Å². The molecular formula is C18H21N7O2. The third-order valence-electron chi connectivity index (χ3n) is 4.79. The molecule has 1 aliphatic rings. The van der Waals surface area contributed by atoms with Gasteiger partial charge in [-0.3, -0.25) is 9.89 Å². The van der Waals surface area contributed by atoms with Crippen molar-refractivity contribution in [2.45, 2.75) is 13.0 Å². The van der Waals surface area contributed by atoms with Crippen LogP contribution in [-0.2, 0) is 9.53 Å². The van der Waals surface area contributed by atoms with Crippen LogP contribution in [0.4, 0.5) is 11.6 Å². The Morgan fingerprint density at radius 3 is 3.07 bits per heavy atom. The summed E-state index contributed by atoms with van der Waals surface area (Å²) in [5.41, 5.74) is 9.64. The number of nitrogen functional groups attached to an aromatic ring is 1. The minimum Gasteiger partial charge on any atom is -0.468 e. The first-order valence-electron chi connectivity index (χ1n) is 8.70. The van der Waals surface area contributed by atoms with Crippen LogP contribution >= 0.6 is 0 Å². The molecule has 0 radical (unpaired) electrons. The van der Waals surface area contributed by atoms with Crippen molar-refractivity contribution in [3.63, 3.8) is 0 Å². The van der Waals surface area contributed by atoms with Gasteiger partial charge in [-0.1, -0.05) is 6.07 Å². The van der Waals surface area contributed by atoms with Gasteiger partial charge < -0.3 is 20.7 Å². The molecule has 1 unspecified atom stereocenters. The summed E-state index contributed by atoms with van der Waals surface area (Å²) < 4.78 is 4.84. The number of piperazine rings is 1. The number of hydrogen-bond acceptors (Lipinski definition) is 8. The van der Waals surface area contributed by atoms with Crippen molar-refractivity contribution >= 4 is 28.5 Å². The Morgan fingerprint density at radius 2 is 2.26 bits per heavy atom. The van der Waals surface area contributed by atoms with Crippen LogP contribution in [0, 0.1) is 6.92 Å². The Hall–Kier alpha value is -3.20. The van der Waals surface area contributed by atoms with Crippen LogP contribution in [0.25, 0.3) is 22.2 Å². The standard InChI is InChI=1S/C18H21N7O2/c1-10-12-7-11(3-4-13(12)24-23-10)14-8-21-16(19)17(22-14)25-6-5-20-15(9-25)18(26)27-2/h3-4,7-8,15,20H,5-6,9H2,1-2H3,(H2,19,21)(H,23,24). The molecule has 0 saturated carbocycles. The molecular weight excluding hydrogens is 346 g/mol. The molecule has 4 rings (SSSR count). The van der Waals surface area contributed by atoms with Gasteiger partial charge >= 0.3 is 5.97 Å². The maximum Gasteiger partial charge on any atom is 0.324 e. The number of esters is 1. The number of carbonyl (C=O) groups excluding carboxylic acids is 1. The summed E-state index contributed by atoms with van der Waals surface area (Å²) in [6.45, 7) is 3.69. The fourth-order valence-electron chi connectivity index (χ4n) is 3.31. The van der Waals surface area contributed by atoms with Crippen molar-refractivity contribution in [1.82, 2.24) is 25.5 Å². The average molecular weight is 367 g/mol. The third-order valence-corrected chi connectivity index (χ3v) is 4.79. The van der Waals surface area contributed by atoms with E-state index in [-0.39, 0.29) is 5.97 Å². The number of rotatable bonds is 3. The molecule has 0 aliphatic carbocycles.